The van der Waals surface area contributed by atoms with E-state index in [2.05, 4.69) is 16.6 Å². The van der Waals surface area contributed by atoms with E-state index in [0.717, 1.165) is 6.08 Å². The van der Waals surface area contributed by atoms with Gasteiger partial charge in [0, 0.05) is 0 Å². The summed E-state index contributed by atoms with van der Waals surface area (Å²) in [5, 5.41) is 2.50. The lowest BCUT2D eigenvalue weighted by Gasteiger charge is -2.08. The van der Waals surface area contributed by atoms with Crippen molar-refractivity contribution in [3.8, 4) is 5.75 Å². The summed E-state index contributed by atoms with van der Waals surface area (Å²) in [6.07, 6.45) is 1.13. The summed E-state index contributed by atoms with van der Waals surface area (Å²) in [4.78, 5) is 11.0. The Labute approximate surface area is 81.2 Å². The molecule has 0 unspecified atom stereocenters. The molecule has 0 spiro atoms. The average Bonchev–Trinajstić information content (AvgIpc) is 2.21. The molecule has 74 valence electrons. The van der Waals surface area contributed by atoms with Gasteiger partial charge in [-0.05, 0) is 18.2 Å². The van der Waals surface area contributed by atoms with E-state index in [-0.39, 0.29) is 5.91 Å². The van der Waals surface area contributed by atoms with Gasteiger partial charge in [0.1, 0.15) is 5.75 Å². The standard InChI is InChI=1S/C10H10FNO2/c1-2-10(13)12-8-5-3-4-6-9(8)14-7-11/h2-6H,1,7H2,(H,12,13). The Morgan fingerprint density at radius 1 is 1.57 bits per heavy atom. The minimum Gasteiger partial charge on any atom is -0.461 e. The van der Waals surface area contributed by atoms with Crippen LogP contribution in [0.25, 0.3) is 0 Å². The molecule has 0 aliphatic heterocycles. The Morgan fingerprint density at radius 2 is 2.29 bits per heavy atom. The van der Waals surface area contributed by atoms with Gasteiger partial charge in [0.25, 0.3) is 0 Å². The summed E-state index contributed by atoms with van der Waals surface area (Å²) in [5.41, 5.74) is 0.426. The number of rotatable bonds is 4. The average molecular weight is 195 g/mol. The second-order valence-corrected chi connectivity index (χ2v) is 2.44. The number of anilines is 1. The van der Waals surface area contributed by atoms with Crippen LogP contribution >= 0.6 is 0 Å². The van der Waals surface area contributed by atoms with E-state index in [9.17, 15) is 9.18 Å². The first kappa shape index (κ1) is 10.2. The maximum absolute atomic E-state index is 11.9. The lowest BCUT2D eigenvalue weighted by Crippen LogP contribution is -2.08. The third kappa shape index (κ3) is 2.58. The Balaban J connectivity index is 2.83. The number of ether oxygens (including phenoxy) is 1. The largest absolute Gasteiger partial charge is 0.461 e. The number of hydrogen-bond acceptors (Lipinski definition) is 2. The number of amides is 1. The molecule has 1 N–H and O–H groups in total. The smallest absolute Gasteiger partial charge is 0.247 e. The Hall–Kier alpha value is -1.84. The number of nitrogens with one attached hydrogen (secondary N) is 1. The fourth-order valence-corrected chi connectivity index (χ4v) is 0.938. The summed E-state index contributed by atoms with van der Waals surface area (Å²) in [7, 11) is 0. The van der Waals surface area contributed by atoms with Crippen molar-refractivity contribution >= 4 is 11.6 Å². The molecular formula is C10H10FNO2. The molecule has 0 saturated carbocycles. The molecule has 0 heterocycles. The molecule has 0 aliphatic carbocycles. The molecule has 0 fully saturated rings. The molecule has 4 heteroatoms. The topological polar surface area (TPSA) is 38.3 Å². The van der Waals surface area contributed by atoms with Gasteiger partial charge in [0.15, 0.2) is 0 Å². The number of halogens is 1. The van der Waals surface area contributed by atoms with Crippen molar-refractivity contribution in [1.82, 2.24) is 0 Å². The molecule has 0 atom stereocenters. The number of alkyl halides is 1. The predicted molar refractivity (Wildman–Crippen MR) is 51.9 cm³/mol. The summed E-state index contributed by atoms with van der Waals surface area (Å²) < 4.78 is 16.6. The highest BCUT2D eigenvalue weighted by atomic mass is 19.1. The molecule has 0 aromatic heterocycles. The van der Waals surface area contributed by atoms with Crippen LogP contribution in [0, 0.1) is 0 Å². The van der Waals surface area contributed by atoms with Crippen molar-refractivity contribution in [1.29, 1.82) is 0 Å². The highest BCUT2D eigenvalue weighted by Crippen LogP contribution is 2.23. The van der Waals surface area contributed by atoms with Gasteiger partial charge in [-0.2, -0.15) is 0 Å². The van der Waals surface area contributed by atoms with E-state index in [1.807, 2.05) is 0 Å². The molecule has 1 aromatic rings. The van der Waals surface area contributed by atoms with Gasteiger partial charge < -0.3 is 10.1 Å². The Kier molecular flexibility index (Phi) is 3.67. The fourth-order valence-electron chi connectivity index (χ4n) is 0.938. The molecule has 14 heavy (non-hydrogen) atoms. The van der Waals surface area contributed by atoms with Crippen LogP contribution in [0.2, 0.25) is 0 Å². The number of carbonyl (C=O) groups is 1. The van der Waals surface area contributed by atoms with Crippen LogP contribution in [-0.2, 0) is 4.79 Å². The molecule has 1 rings (SSSR count). The van der Waals surface area contributed by atoms with E-state index in [0.29, 0.717) is 11.4 Å². The third-order valence-electron chi connectivity index (χ3n) is 1.54. The number of para-hydroxylation sites is 2. The first-order chi connectivity index (χ1) is 6.77. The zero-order valence-electron chi connectivity index (χ0n) is 7.50. The molecule has 1 amide bonds. The van der Waals surface area contributed by atoms with E-state index in [1.54, 1.807) is 24.3 Å². The van der Waals surface area contributed by atoms with Crippen molar-refractivity contribution in [3.05, 3.63) is 36.9 Å². The molecule has 0 aliphatic rings. The zero-order chi connectivity index (χ0) is 10.4. The number of carbonyl (C=O) groups excluding carboxylic acids is 1. The van der Waals surface area contributed by atoms with Crippen LogP contribution in [-0.4, -0.2) is 12.8 Å². The summed E-state index contributed by atoms with van der Waals surface area (Å²) in [6, 6.07) is 6.59. The van der Waals surface area contributed by atoms with Crippen molar-refractivity contribution in [2.45, 2.75) is 0 Å². The normalized spacial score (nSPS) is 9.21. The minimum absolute atomic E-state index is 0.296. The van der Waals surface area contributed by atoms with Crippen molar-refractivity contribution < 1.29 is 13.9 Å². The van der Waals surface area contributed by atoms with E-state index in [4.69, 9.17) is 0 Å². The van der Waals surface area contributed by atoms with Gasteiger partial charge in [0.05, 0.1) is 5.69 Å². The van der Waals surface area contributed by atoms with Gasteiger partial charge in [0.2, 0.25) is 12.8 Å². The Bertz CT molecular complexity index is 339. The van der Waals surface area contributed by atoms with Gasteiger partial charge in [-0.3, -0.25) is 4.79 Å². The number of benzene rings is 1. The van der Waals surface area contributed by atoms with Crippen LogP contribution in [0.1, 0.15) is 0 Å². The molecule has 1 aromatic carbocycles. The van der Waals surface area contributed by atoms with Crippen molar-refractivity contribution in [2.75, 3.05) is 12.2 Å². The number of hydrogen-bond donors (Lipinski definition) is 1. The lowest BCUT2D eigenvalue weighted by atomic mass is 10.3. The van der Waals surface area contributed by atoms with Crippen LogP contribution < -0.4 is 10.1 Å². The van der Waals surface area contributed by atoms with Crippen molar-refractivity contribution in [3.63, 3.8) is 0 Å². The van der Waals surface area contributed by atoms with E-state index in [1.165, 1.54) is 0 Å². The summed E-state index contributed by atoms with van der Waals surface area (Å²) in [6.45, 7) is 2.38. The first-order valence-electron chi connectivity index (χ1n) is 3.99. The SMILES string of the molecule is C=CC(=O)Nc1ccccc1OCF. The van der Waals surface area contributed by atoms with Crippen LogP contribution in [0.4, 0.5) is 10.1 Å². The van der Waals surface area contributed by atoms with Crippen LogP contribution in [0.5, 0.6) is 5.75 Å². The molecular weight excluding hydrogens is 185 g/mol. The van der Waals surface area contributed by atoms with Crippen LogP contribution in [0.15, 0.2) is 36.9 Å². The quantitative estimate of drug-likeness (QED) is 0.747. The second-order valence-electron chi connectivity index (χ2n) is 2.44. The monoisotopic (exact) mass is 195 g/mol. The molecule has 0 saturated heterocycles. The fraction of sp³-hybridized carbons (Fsp3) is 0.100. The van der Waals surface area contributed by atoms with Gasteiger partial charge in [-0.25, -0.2) is 4.39 Å². The van der Waals surface area contributed by atoms with Gasteiger partial charge in [-0.1, -0.05) is 18.7 Å². The highest BCUT2D eigenvalue weighted by molar-refractivity contribution is 5.99. The lowest BCUT2D eigenvalue weighted by molar-refractivity contribution is -0.111. The van der Waals surface area contributed by atoms with Crippen molar-refractivity contribution in [2.24, 2.45) is 0 Å². The molecule has 0 bridgehead atoms. The van der Waals surface area contributed by atoms with Gasteiger partial charge in [-0.15, -0.1) is 0 Å². The minimum atomic E-state index is -0.930. The highest BCUT2D eigenvalue weighted by Gasteiger charge is 2.03. The van der Waals surface area contributed by atoms with E-state index < -0.39 is 6.86 Å². The maximum atomic E-state index is 11.9. The Morgan fingerprint density at radius 3 is 2.93 bits per heavy atom. The summed E-state index contributed by atoms with van der Waals surface area (Å²) in [5.74, 6) is -0.0647. The molecule has 3 nitrogen and oxygen atoms in total. The first-order valence-corrected chi connectivity index (χ1v) is 3.99. The zero-order valence-corrected chi connectivity index (χ0v) is 7.50. The van der Waals surface area contributed by atoms with Gasteiger partial charge >= 0.3 is 0 Å². The summed E-state index contributed by atoms with van der Waals surface area (Å²) >= 11 is 0. The van der Waals surface area contributed by atoms with E-state index >= 15 is 0 Å². The van der Waals surface area contributed by atoms with Crippen LogP contribution in [0.3, 0.4) is 0 Å². The second kappa shape index (κ2) is 5.01. The predicted octanol–water partition coefficient (Wildman–Crippen LogP) is 2.12. The third-order valence-corrected chi connectivity index (χ3v) is 1.54. The molecule has 0 radical (unpaired) electrons. The maximum Gasteiger partial charge on any atom is 0.247 e.